The summed E-state index contributed by atoms with van der Waals surface area (Å²) in [6.07, 6.45) is 0.498. The minimum atomic E-state index is -0.589. The molecule has 1 aliphatic heterocycles. The van der Waals surface area contributed by atoms with E-state index in [0.29, 0.717) is 44.3 Å². The summed E-state index contributed by atoms with van der Waals surface area (Å²) in [5, 5.41) is 15.3. The van der Waals surface area contributed by atoms with Gasteiger partial charge < -0.3 is 19.4 Å². The predicted octanol–water partition coefficient (Wildman–Crippen LogP) is 1.10. The van der Waals surface area contributed by atoms with Crippen LogP contribution in [0.25, 0.3) is 11.6 Å². The number of carbonyl (C=O) groups is 2. The van der Waals surface area contributed by atoms with Crippen LogP contribution in [0, 0.1) is 6.92 Å². The summed E-state index contributed by atoms with van der Waals surface area (Å²) in [7, 11) is 0. The molecule has 1 N–H and O–H groups in total. The normalized spacial score (nSPS) is 15.9. The number of hydrogen-bond donors (Lipinski definition) is 1. The number of tetrazole rings is 1. The molecule has 0 saturated carbocycles. The molecule has 0 radical (unpaired) electrons. The molecule has 33 heavy (non-hydrogen) atoms. The summed E-state index contributed by atoms with van der Waals surface area (Å²) in [4.78, 5) is 31.5. The van der Waals surface area contributed by atoms with E-state index < -0.39 is 11.6 Å². The molecule has 182 valence electrons. The summed E-state index contributed by atoms with van der Waals surface area (Å²) in [5.41, 5.74) is -0.396. The Labute approximate surface area is 194 Å². The van der Waals surface area contributed by atoms with Crippen LogP contribution in [0.3, 0.4) is 0 Å². The highest BCUT2D eigenvalue weighted by atomic mass is 16.5. The maximum absolute atomic E-state index is 13.4. The molecule has 2 amide bonds. The number of aromatic nitrogens is 4. The molecule has 0 aliphatic carbocycles. The Kier molecular flexibility index (Phi) is 8.20. The van der Waals surface area contributed by atoms with Gasteiger partial charge >= 0.3 is 0 Å². The summed E-state index contributed by atoms with van der Waals surface area (Å²) in [5.74, 6) is 1.14. The van der Waals surface area contributed by atoms with Gasteiger partial charge in [-0.05, 0) is 51.5 Å². The number of nitrogens with one attached hydrogen (secondary N) is 1. The lowest BCUT2D eigenvalue weighted by atomic mass is 10.1. The van der Waals surface area contributed by atoms with Crippen molar-refractivity contribution in [3.63, 3.8) is 0 Å². The molecule has 3 rings (SSSR count). The fourth-order valence-corrected chi connectivity index (χ4v) is 3.70. The molecular formula is C22H35N7O4. The fraction of sp³-hybridized carbons (Fsp3) is 0.682. The molecule has 1 saturated heterocycles. The predicted molar refractivity (Wildman–Crippen MR) is 121 cm³/mol. The Morgan fingerprint density at radius 2 is 1.97 bits per heavy atom. The van der Waals surface area contributed by atoms with Crippen LogP contribution in [-0.2, 0) is 20.9 Å². The van der Waals surface area contributed by atoms with Gasteiger partial charge in [0.15, 0.2) is 5.76 Å². The first kappa shape index (κ1) is 24.8. The molecule has 11 nitrogen and oxygen atoms in total. The van der Waals surface area contributed by atoms with Gasteiger partial charge in [0, 0.05) is 31.7 Å². The molecule has 0 unspecified atom stereocenters. The second-order valence-corrected chi connectivity index (χ2v) is 9.26. The number of amides is 2. The molecule has 1 fully saturated rings. The van der Waals surface area contributed by atoms with E-state index in [2.05, 4.69) is 25.6 Å². The third kappa shape index (κ3) is 7.10. The highest BCUT2D eigenvalue weighted by Crippen LogP contribution is 2.17. The quantitative estimate of drug-likeness (QED) is 0.590. The van der Waals surface area contributed by atoms with Crippen LogP contribution in [0.1, 0.15) is 39.9 Å². The third-order valence-electron chi connectivity index (χ3n) is 5.34. The van der Waals surface area contributed by atoms with Crippen molar-refractivity contribution in [2.45, 2.75) is 59.2 Å². The molecule has 2 aromatic rings. The zero-order valence-corrected chi connectivity index (χ0v) is 20.2. The number of morpholine rings is 1. The zero-order chi connectivity index (χ0) is 24.0. The monoisotopic (exact) mass is 461 g/mol. The van der Waals surface area contributed by atoms with Crippen molar-refractivity contribution in [3.05, 3.63) is 17.9 Å². The van der Waals surface area contributed by atoms with Crippen LogP contribution in [0.2, 0.25) is 0 Å². The first-order valence-corrected chi connectivity index (χ1v) is 11.4. The van der Waals surface area contributed by atoms with Crippen molar-refractivity contribution in [3.8, 4) is 11.6 Å². The van der Waals surface area contributed by atoms with E-state index >= 15 is 0 Å². The molecule has 1 aliphatic rings. The average Bonchev–Trinajstić information content (AvgIpc) is 3.39. The van der Waals surface area contributed by atoms with Crippen LogP contribution in [-0.4, -0.2) is 92.8 Å². The van der Waals surface area contributed by atoms with E-state index in [9.17, 15) is 9.59 Å². The highest BCUT2D eigenvalue weighted by molar-refractivity contribution is 5.88. The Morgan fingerprint density at radius 1 is 1.24 bits per heavy atom. The number of hydrogen-bond acceptors (Lipinski definition) is 8. The second-order valence-electron chi connectivity index (χ2n) is 9.26. The van der Waals surface area contributed by atoms with Crippen LogP contribution < -0.4 is 5.32 Å². The average molecular weight is 462 g/mol. The Bertz CT molecular complexity index is 927. The standard InChI is InChI=1S/C22H35N7O4/c1-6-17(21(31)23-22(3,4)5)28(10-9-27-11-13-32-14-12-27)19(30)15-29-25-20(24-26-29)18-8-7-16(2)33-18/h7-8,17H,6,9-15H2,1-5H3,(H,23,31)/t17-/m1/s1. The Morgan fingerprint density at radius 3 is 2.58 bits per heavy atom. The molecule has 1 atom stereocenters. The number of rotatable bonds is 9. The molecule has 3 heterocycles. The van der Waals surface area contributed by atoms with Gasteiger partial charge in [-0.15, -0.1) is 10.2 Å². The van der Waals surface area contributed by atoms with Crippen LogP contribution in [0.4, 0.5) is 0 Å². The lowest BCUT2D eigenvalue weighted by Gasteiger charge is -2.35. The van der Waals surface area contributed by atoms with Crippen molar-refractivity contribution >= 4 is 11.8 Å². The van der Waals surface area contributed by atoms with Crippen LogP contribution in [0.5, 0.6) is 0 Å². The van der Waals surface area contributed by atoms with Crippen molar-refractivity contribution in [1.82, 2.24) is 35.3 Å². The SMILES string of the molecule is CC[C@H](C(=O)NC(C)(C)C)N(CCN1CCOCC1)C(=O)Cn1nnc(-c2ccc(C)o2)n1. The number of aryl methyl sites for hydroxylation is 1. The smallest absolute Gasteiger partial charge is 0.246 e. The maximum Gasteiger partial charge on any atom is 0.246 e. The first-order valence-electron chi connectivity index (χ1n) is 11.4. The van der Waals surface area contributed by atoms with E-state index in [4.69, 9.17) is 9.15 Å². The number of ether oxygens (including phenoxy) is 1. The number of nitrogens with zero attached hydrogens (tertiary/aromatic N) is 6. The van der Waals surface area contributed by atoms with Gasteiger partial charge in [0.1, 0.15) is 18.3 Å². The Hall–Kier alpha value is -2.79. The van der Waals surface area contributed by atoms with Crippen molar-refractivity contribution in [1.29, 1.82) is 0 Å². The minimum Gasteiger partial charge on any atom is -0.458 e. The molecule has 0 bridgehead atoms. The number of furan rings is 1. The van der Waals surface area contributed by atoms with Crippen LogP contribution >= 0.6 is 0 Å². The summed E-state index contributed by atoms with van der Waals surface area (Å²) < 4.78 is 10.9. The second kappa shape index (κ2) is 10.9. The largest absolute Gasteiger partial charge is 0.458 e. The summed E-state index contributed by atoms with van der Waals surface area (Å²) >= 11 is 0. The van der Waals surface area contributed by atoms with Gasteiger partial charge in [-0.3, -0.25) is 14.5 Å². The lowest BCUT2D eigenvalue weighted by Crippen LogP contribution is -2.56. The molecule has 11 heteroatoms. The van der Waals surface area contributed by atoms with Gasteiger partial charge in [-0.2, -0.15) is 4.80 Å². The molecule has 2 aromatic heterocycles. The Balaban J connectivity index is 1.74. The minimum absolute atomic E-state index is 0.116. The van der Waals surface area contributed by atoms with E-state index in [1.807, 2.05) is 40.7 Å². The van der Waals surface area contributed by atoms with Gasteiger partial charge in [0.2, 0.25) is 17.6 Å². The maximum atomic E-state index is 13.4. The van der Waals surface area contributed by atoms with E-state index in [0.717, 1.165) is 18.8 Å². The topological polar surface area (TPSA) is 119 Å². The van der Waals surface area contributed by atoms with Crippen molar-refractivity contribution in [2.75, 3.05) is 39.4 Å². The van der Waals surface area contributed by atoms with Gasteiger partial charge in [0.25, 0.3) is 0 Å². The molecule has 0 aromatic carbocycles. The van der Waals surface area contributed by atoms with Crippen molar-refractivity contribution < 1.29 is 18.7 Å². The summed E-state index contributed by atoms with van der Waals surface area (Å²) in [6, 6.07) is 2.99. The third-order valence-corrected chi connectivity index (χ3v) is 5.34. The molecule has 0 spiro atoms. The lowest BCUT2D eigenvalue weighted by molar-refractivity contribution is -0.142. The van der Waals surface area contributed by atoms with Crippen LogP contribution in [0.15, 0.2) is 16.5 Å². The van der Waals surface area contributed by atoms with Gasteiger partial charge in [0.05, 0.1) is 13.2 Å². The van der Waals surface area contributed by atoms with E-state index in [1.54, 1.807) is 11.0 Å². The van der Waals surface area contributed by atoms with E-state index in [1.165, 1.54) is 4.80 Å². The first-order chi connectivity index (χ1) is 15.7. The van der Waals surface area contributed by atoms with Gasteiger partial charge in [-0.1, -0.05) is 6.92 Å². The zero-order valence-electron chi connectivity index (χ0n) is 20.2. The number of carbonyl (C=O) groups excluding carboxylic acids is 2. The van der Waals surface area contributed by atoms with E-state index in [-0.39, 0.29) is 18.4 Å². The van der Waals surface area contributed by atoms with Crippen molar-refractivity contribution in [2.24, 2.45) is 0 Å². The summed E-state index contributed by atoms with van der Waals surface area (Å²) in [6.45, 7) is 13.5. The fourth-order valence-electron chi connectivity index (χ4n) is 3.70. The highest BCUT2D eigenvalue weighted by Gasteiger charge is 2.31. The van der Waals surface area contributed by atoms with Gasteiger partial charge in [-0.25, -0.2) is 0 Å². The molecular weight excluding hydrogens is 426 g/mol.